The molecule has 22 heavy (non-hydrogen) atoms. The van der Waals surface area contributed by atoms with Crippen LogP contribution in [0.5, 0.6) is 0 Å². The molecule has 0 saturated carbocycles. The Bertz CT molecular complexity index is 629. The average molecular weight is 335 g/mol. The normalized spacial score (nSPS) is 17.8. The van der Waals surface area contributed by atoms with Gasteiger partial charge in [0.15, 0.2) is 0 Å². The first kappa shape index (κ1) is 15.6. The molecule has 0 aliphatic carbocycles. The Labute approximate surface area is 139 Å². The molecule has 1 saturated heterocycles. The number of hydrogen-bond donors (Lipinski definition) is 2. The first-order valence-electron chi connectivity index (χ1n) is 7.72. The summed E-state index contributed by atoms with van der Waals surface area (Å²) in [6.45, 7) is 3.78. The highest BCUT2D eigenvalue weighted by molar-refractivity contribution is 7.16. The Morgan fingerprint density at radius 1 is 1.50 bits per heavy atom. The molecule has 0 radical (unpaired) electrons. The summed E-state index contributed by atoms with van der Waals surface area (Å²) in [4.78, 5) is 18.9. The van der Waals surface area contributed by atoms with E-state index in [0.29, 0.717) is 19.0 Å². The van der Waals surface area contributed by atoms with Crippen molar-refractivity contribution >= 4 is 28.6 Å². The van der Waals surface area contributed by atoms with Crippen LogP contribution in [0, 0.1) is 6.92 Å². The second kappa shape index (κ2) is 7.35. The van der Waals surface area contributed by atoms with Gasteiger partial charge in [0.1, 0.15) is 0 Å². The van der Waals surface area contributed by atoms with E-state index in [2.05, 4.69) is 33.1 Å². The van der Waals surface area contributed by atoms with Crippen LogP contribution in [0.2, 0.25) is 0 Å². The highest BCUT2D eigenvalue weighted by Crippen LogP contribution is 2.29. The van der Waals surface area contributed by atoms with Crippen LogP contribution in [-0.2, 0) is 11.2 Å². The molecule has 1 unspecified atom stereocenters. The number of aromatic nitrogens is 1. The molecular weight excluding hydrogens is 314 g/mol. The van der Waals surface area contributed by atoms with Crippen molar-refractivity contribution in [1.29, 1.82) is 0 Å². The number of aryl methyl sites for hydroxylation is 1. The number of carbonyl (C=O) groups excluding carboxylic acids is 1. The molecular formula is C16H21N3OS2. The Balaban J connectivity index is 1.44. The van der Waals surface area contributed by atoms with Gasteiger partial charge in [-0.05, 0) is 44.9 Å². The third-order valence-electron chi connectivity index (χ3n) is 3.82. The van der Waals surface area contributed by atoms with Crippen molar-refractivity contribution in [3.8, 4) is 10.6 Å². The predicted molar refractivity (Wildman–Crippen MR) is 92.5 cm³/mol. The summed E-state index contributed by atoms with van der Waals surface area (Å²) in [5, 5.41) is 9.57. The van der Waals surface area contributed by atoms with Crippen LogP contribution in [0.3, 0.4) is 0 Å². The largest absolute Gasteiger partial charge is 0.356 e. The highest BCUT2D eigenvalue weighted by atomic mass is 32.1. The predicted octanol–water partition coefficient (Wildman–Crippen LogP) is 2.98. The molecule has 0 aromatic carbocycles. The summed E-state index contributed by atoms with van der Waals surface area (Å²) in [7, 11) is 0. The van der Waals surface area contributed by atoms with E-state index >= 15 is 0 Å². The SMILES string of the molecule is Cc1nc(-c2ccc(CCNC(=O)CC3CCCN3)s2)cs1. The van der Waals surface area contributed by atoms with Gasteiger partial charge in [-0.1, -0.05) is 0 Å². The molecule has 1 aliphatic heterocycles. The summed E-state index contributed by atoms with van der Waals surface area (Å²) in [6, 6.07) is 4.64. The van der Waals surface area contributed by atoms with Crippen molar-refractivity contribution in [2.45, 2.75) is 38.6 Å². The summed E-state index contributed by atoms with van der Waals surface area (Å²) in [5.74, 6) is 0.159. The summed E-state index contributed by atoms with van der Waals surface area (Å²) in [6.07, 6.45) is 3.80. The number of carbonyl (C=O) groups is 1. The minimum Gasteiger partial charge on any atom is -0.356 e. The maximum atomic E-state index is 11.9. The van der Waals surface area contributed by atoms with Crippen LogP contribution in [0.25, 0.3) is 10.6 Å². The molecule has 3 rings (SSSR count). The Kier molecular flexibility index (Phi) is 5.23. The fourth-order valence-corrected chi connectivity index (χ4v) is 4.33. The lowest BCUT2D eigenvalue weighted by Gasteiger charge is -2.09. The van der Waals surface area contributed by atoms with Gasteiger partial charge in [-0.3, -0.25) is 4.79 Å². The molecule has 1 atom stereocenters. The van der Waals surface area contributed by atoms with Gasteiger partial charge in [-0.25, -0.2) is 4.98 Å². The van der Waals surface area contributed by atoms with Gasteiger partial charge in [-0.15, -0.1) is 22.7 Å². The number of nitrogens with one attached hydrogen (secondary N) is 2. The highest BCUT2D eigenvalue weighted by Gasteiger charge is 2.17. The zero-order valence-electron chi connectivity index (χ0n) is 12.7. The summed E-state index contributed by atoms with van der Waals surface area (Å²) >= 11 is 3.44. The van der Waals surface area contributed by atoms with Gasteiger partial charge in [0.05, 0.1) is 15.6 Å². The lowest BCUT2D eigenvalue weighted by molar-refractivity contribution is -0.121. The first-order chi connectivity index (χ1) is 10.7. The van der Waals surface area contributed by atoms with Gasteiger partial charge in [0.2, 0.25) is 5.91 Å². The van der Waals surface area contributed by atoms with Gasteiger partial charge < -0.3 is 10.6 Å². The quantitative estimate of drug-likeness (QED) is 0.853. The van der Waals surface area contributed by atoms with Gasteiger partial charge in [0, 0.05) is 29.3 Å². The zero-order valence-corrected chi connectivity index (χ0v) is 14.4. The molecule has 3 heterocycles. The molecule has 2 aromatic rings. The van der Waals surface area contributed by atoms with E-state index in [-0.39, 0.29) is 5.91 Å². The maximum Gasteiger partial charge on any atom is 0.221 e. The van der Waals surface area contributed by atoms with E-state index in [0.717, 1.165) is 30.1 Å². The van der Waals surface area contributed by atoms with E-state index in [1.807, 2.05) is 6.92 Å². The Hall–Kier alpha value is -1.24. The fourth-order valence-electron chi connectivity index (χ4n) is 2.68. The average Bonchev–Trinajstić information content (AvgIpc) is 3.20. The topological polar surface area (TPSA) is 54.0 Å². The number of nitrogens with zero attached hydrogens (tertiary/aromatic N) is 1. The number of hydrogen-bond acceptors (Lipinski definition) is 5. The standard InChI is InChI=1S/C16H21N3OS2/c1-11-19-14(10-21-11)15-5-4-13(22-15)6-8-18-16(20)9-12-3-2-7-17-12/h4-5,10,12,17H,2-3,6-9H2,1H3,(H,18,20). The first-order valence-corrected chi connectivity index (χ1v) is 9.41. The van der Waals surface area contributed by atoms with Crippen molar-refractivity contribution in [2.24, 2.45) is 0 Å². The van der Waals surface area contributed by atoms with Gasteiger partial charge >= 0.3 is 0 Å². The van der Waals surface area contributed by atoms with Crippen molar-refractivity contribution in [1.82, 2.24) is 15.6 Å². The number of amides is 1. The minimum atomic E-state index is 0.159. The van der Waals surface area contributed by atoms with E-state index in [4.69, 9.17) is 0 Å². The number of thiophene rings is 1. The molecule has 6 heteroatoms. The van der Waals surface area contributed by atoms with E-state index < -0.39 is 0 Å². The maximum absolute atomic E-state index is 11.9. The number of rotatable bonds is 6. The molecule has 1 fully saturated rings. The lowest BCUT2D eigenvalue weighted by atomic mass is 10.1. The van der Waals surface area contributed by atoms with E-state index in [1.165, 1.54) is 16.2 Å². The Morgan fingerprint density at radius 3 is 3.14 bits per heavy atom. The summed E-state index contributed by atoms with van der Waals surface area (Å²) in [5.41, 5.74) is 1.06. The van der Waals surface area contributed by atoms with Crippen molar-refractivity contribution in [3.63, 3.8) is 0 Å². The van der Waals surface area contributed by atoms with Crippen LogP contribution in [-0.4, -0.2) is 30.0 Å². The smallest absolute Gasteiger partial charge is 0.221 e. The third-order valence-corrected chi connectivity index (χ3v) is 5.76. The van der Waals surface area contributed by atoms with Crippen molar-refractivity contribution < 1.29 is 4.79 Å². The van der Waals surface area contributed by atoms with E-state index in [1.54, 1.807) is 22.7 Å². The molecule has 0 bridgehead atoms. The van der Waals surface area contributed by atoms with Gasteiger partial charge in [-0.2, -0.15) is 0 Å². The second-order valence-electron chi connectivity index (χ2n) is 5.62. The van der Waals surface area contributed by atoms with Gasteiger partial charge in [0.25, 0.3) is 0 Å². The molecule has 0 spiro atoms. The molecule has 1 aliphatic rings. The lowest BCUT2D eigenvalue weighted by Crippen LogP contribution is -2.32. The van der Waals surface area contributed by atoms with Crippen LogP contribution in [0.15, 0.2) is 17.5 Å². The minimum absolute atomic E-state index is 0.159. The molecule has 118 valence electrons. The summed E-state index contributed by atoms with van der Waals surface area (Å²) < 4.78 is 0. The molecule has 2 aromatic heterocycles. The van der Waals surface area contributed by atoms with Crippen LogP contribution in [0.4, 0.5) is 0 Å². The number of thiazole rings is 1. The van der Waals surface area contributed by atoms with E-state index in [9.17, 15) is 4.79 Å². The van der Waals surface area contributed by atoms with Crippen LogP contribution < -0.4 is 10.6 Å². The Morgan fingerprint density at radius 2 is 2.41 bits per heavy atom. The van der Waals surface area contributed by atoms with Crippen molar-refractivity contribution in [3.05, 3.63) is 27.4 Å². The third kappa shape index (κ3) is 4.15. The zero-order chi connectivity index (χ0) is 15.4. The monoisotopic (exact) mass is 335 g/mol. The molecule has 4 nitrogen and oxygen atoms in total. The van der Waals surface area contributed by atoms with Crippen LogP contribution in [0.1, 0.15) is 29.1 Å². The second-order valence-corrected chi connectivity index (χ2v) is 7.85. The van der Waals surface area contributed by atoms with Crippen LogP contribution >= 0.6 is 22.7 Å². The molecule has 2 N–H and O–H groups in total. The molecule has 1 amide bonds. The fraction of sp³-hybridized carbons (Fsp3) is 0.500. The van der Waals surface area contributed by atoms with Crippen molar-refractivity contribution in [2.75, 3.05) is 13.1 Å².